The van der Waals surface area contributed by atoms with Crippen LogP contribution >= 0.6 is 0 Å². The quantitative estimate of drug-likeness (QED) is 0.485. The van der Waals surface area contributed by atoms with Crippen molar-refractivity contribution in [2.75, 3.05) is 26.9 Å². The van der Waals surface area contributed by atoms with Crippen molar-refractivity contribution in [3.05, 3.63) is 0 Å². The number of rotatable bonds is 9. The van der Waals surface area contributed by atoms with Gasteiger partial charge in [-0.1, -0.05) is 6.92 Å². The Kier molecular flexibility index (Phi) is 9.18. The van der Waals surface area contributed by atoms with Gasteiger partial charge in [0.2, 0.25) is 5.91 Å². The highest BCUT2D eigenvalue weighted by Gasteiger charge is 2.15. The van der Waals surface area contributed by atoms with Crippen LogP contribution in [0.2, 0.25) is 0 Å². The summed E-state index contributed by atoms with van der Waals surface area (Å²) < 4.78 is 4.88. The second kappa shape index (κ2) is 9.57. The molecule has 0 aliphatic carbocycles. The van der Waals surface area contributed by atoms with Crippen molar-refractivity contribution in [3.63, 3.8) is 0 Å². The van der Waals surface area contributed by atoms with Gasteiger partial charge in [-0.2, -0.15) is 0 Å². The van der Waals surface area contributed by atoms with Gasteiger partial charge < -0.3 is 20.5 Å². The van der Waals surface area contributed by atoms with Crippen LogP contribution < -0.4 is 10.6 Å². The number of amides is 1. The smallest absolute Gasteiger partial charge is 0.236 e. The molecule has 0 saturated carbocycles. The van der Waals surface area contributed by atoms with Crippen molar-refractivity contribution >= 4 is 5.91 Å². The van der Waals surface area contributed by atoms with Crippen LogP contribution in [0, 0.1) is 0 Å². The molecule has 5 nitrogen and oxygen atoms in total. The fourth-order valence-corrected chi connectivity index (χ4v) is 1.31. The Morgan fingerprint density at radius 2 is 2.19 bits per heavy atom. The molecule has 0 aromatic heterocycles. The number of carbonyl (C=O) groups excluding carboxylic acids is 1. The third kappa shape index (κ3) is 6.76. The van der Waals surface area contributed by atoms with Crippen LogP contribution in [0.1, 0.15) is 26.7 Å². The van der Waals surface area contributed by atoms with Gasteiger partial charge in [0.25, 0.3) is 0 Å². The molecule has 0 spiro atoms. The van der Waals surface area contributed by atoms with E-state index in [0.717, 1.165) is 12.8 Å². The maximum absolute atomic E-state index is 11.6. The molecule has 0 heterocycles. The Labute approximate surface area is 97.6 Å². The Morgan fingerprint density at radius 1 is 1.50 bits per heavy atom. The molecule has 0 rings (SSSR count). The summed E-state index contributed by atoms with van der Waals surface area (Å²) in [6, 6.07) is -0.292. The molecule has 0 radical (unpaired) electrons. The van der Waals surface area contributed by atoms with Gasteiger partial charge in [-0.05, 0) is 19.8 Å². The summed E-state index contributed by atoms with van der Waals surface area (Å²) in [6.45, 7) is 5.09. The standard InChI is InChI=1S/C11H24N2O3/c1-4-10(8-14)13-9(2)11(15)12-6-5-7-16-3/h9-10,13-14H,4-8H2,1-3H3,(H,12,15). The summed E-state index contributed by atoms with van der Waals surface area (Å²) in [5.41, 5.74) is 0. The third-order valence-electron chi connectivity index (χ3n) is 2.42. The number of aliphatic hydroxyl groups excluding tert-OH is 1. The zero-order chi connectivity index (χ0) is 12.4. The van der Waals surface area contributed by atoms with Crippen LogP contribution in [0.5, 0.6) is 0 Å². The number of hydrogen-bond acceptors (Lipinski definition) is 4. The normalized spacial score (nSPS) is 14.5. The van der Waals surface area contributed by atoms with E-state index in [9.17, 15) is 4.79 Å². The molecule has 96 valence electrons. The van der Waals surface area contributed by atoms with Gasteiger partial charge >= 0.3 is 0 Å². The van der Waals surface area contributed by atoms with Gasteiger partial charge in [0.05, 0.1) is 12.6 Å². The van der Waals surface area contributed by atoms with E-state index in [4.69, 9.17) is 9.84 Å². The molecule has 0 bridgehead atoms. The molecule has 0 saturated heterocycles. The molecule has 16 heavy (non-hydrogen) atoms. The first-order valence-electron chi connectivity index (χ1n) is 5.79. The number of ether oxygens (including phenoxy) is 1. The van der Waals surface area contributed by atoms with Gasteiger partial charge in [-0.15, -0.1) is 0 Å². The highest BCUT2D eigenvalue weighted by molar-refractivity contribution is 5.81. The van der Waals surface area contributed by atoms with E-state index < -0.39 is 0 Å². The van der Waals surface area contributed by atoms with E-state index in [1.807, 2.05) is 6.92 Å². The lowest BCUT2D eigenvalue weighted by molar-refractivity contribution is -0.123. The first-order valence-corrected chi connectivity index (χ1v) is 5.79. The van der Waals surface area contributed by atoms with Crippen molar-refractivity contribution in [3.8, 4) is 0 Å². The summed E-state index contributed by atoms with van der Waals surface area (Å²) in [5.74, 6) is -0.0389. The first kappa shape index (κ1) is 15.3. The van der Waals surface area contributed by atoms with Crippen LogP contribution in [0.25, 0.3) is 0 Å². The Morgan fingerprint density at radius 3 is 2.69 bits per heavy atom. The van der Waals surface area contributed by atoms with E-state index in [1.165, 1.54) is 0 Å². The van der Waals surface area contributed by atoms with Crippen molar-refractivity contribution in [2.24, 2.45) is 0 Å². The minimum absolute atomic E-state index is 0.0141. The lowest BCUT2D eigenvalue weighted by Gasteiger charge is -2.19. The lowest BCUT2D eigenvalue weighted by Crippen LogP contribution is -2.47. The van der Waals surface area contributed by atoms with Crippen molar-refractivity contribution in [1.29, 1.82) is 0 Å². The molecule has 0 aromatic rings. The van der Waals surface area contributed by atoms with Gasteiger partial charge in [0.15, 0.2) is 0 Å². The van der Waals surface area contributed by atoms with Gasteiger partial charge in [-0.25, -0.2) is 0 Å². The molecule has 0 aliphatic heterocycles. The lowest BCUT2D eigenvalue weighted by atomic mass is 10.2. The zero-order valence-electron chi connectivity index (χ0n) is 10.5. The Bertz CT molecular complexity index is 184. The van der Waals surface area contributed by atoms with Crippen molar-refractivity contribution in [2.45, 2.75) is 38.8 Å². The predicted molar refractivity (Wildman–Crippen MR) is 63.3 cm³/mol. The molecular formula is C11H24N2O3. The topological polar surface area (TPSA) is 70.6 Å². The van der Waals surface area contributed by atoms with Gasteiger partial charge in [0.1, 0.15) is 0 Å². The Hall–Kier alpha value is -0.650. The average Bonchev–Trinajstić information content (AvgIpc) is 2.30. The molecule has 1 amide bonds. The molecular weight excluding hydrogens is 208 g/mol. The second-order valence-corrected chi connectivity index (χ2v) is 3.81. The summed E-state index contributed by atoms with van der Waals surface area (Å²) in [5, 5.41) is 14.9. The van der Waals surface area contributed by atoms with E-state index in [1.54, 1.807) is 14.0 Å². The van der Waals surface area contributed by atoms with Crippen molar-refractivity contribution < 1.29 is 14.6 Å². The van der Waals surface area contributed by atoms with Crippen molar-refractivity contribution in [1.82, 2.24) is 10.6 Å². The van der Waals surface area contributed by atoms with Crippen LogP contribution in [-0.4, -0.2) is 50.0 Å². The van der Waals surface area contributed by atoms with Crippen LogP contribution in [0.3, 0.4) is 0 Å². The van der Waals surface area contributed by atoms with Crippen LogP contribution in [-0.2, 0) is 9.53 Å². The SMILES string of the molecule is CCC(CO)NC(C)C(=O)NCCCOC. The summed E-state index contributed by atoms with van der Waals surface area (Å²) in [4.78, 5) is 11.6. The molecule has 0 aliphatic rings. The maximum Gasteiger partial charge on any atom is 0.236 e. The van der Waals surface area contributed by atoms with Gasteiger partial charge in [0, 0.05) is 26.3 Å². The average molecular weight is 232 g/mol. The van der Waals surface area contributed by atoms with Gasteiger partial charge in [-0.3, -0.25) is 4.79 Å². The summed E-state index contributed by atoms with van der Waals surface area (Å²) >= 11 is 0. The number of nitrogens with one attached hydrogen (secondary N) is 2. The summed E-state index contributed by atoms with van der Waals surface area (Å²) in [6.07, 6.45) is 1.62. The fourth-order valence-electron chi connectivity index (χ4n) is 1.31. The highest BCUT2D eigenvalue weighted by Crippen LogP contribution is 1.93. The maximum atomic E-state index is 11.6. The molecule has 2 atom stereocenters. The highest BCUT2D eigenvalue weighted by atomic mass is 16.5. The largest absolute Gasteiger partial charge is 0.395 e. The molecule has 0 fully saturated rings. The number of carbonyl (C=O) groups is 1. The molecule has 2 unspecified atom stereocenters. The number of methoxy groups -OCH3 is 1. The number of aliphatic hydroxyl groups is 1. The molecule has 5 heteroatoms. The fraction of sp³-hybridized carbons (Fsp3) is 0.909. The zero-order valence-corrected chi connectivity index (χ0v) is 10.5. The minimum Gasteiger partial charge on any atom is -0.395 e. The second-order valence-electron chi connectivity index (χ2n) is 3.81. The van der Waals surface area contributed by atoms with E-state index in [0.29, 0.717) is 13.2 Å². The van der Waals surface area contributed by atoms with E-state index in [2.05, 4.69) is 10.6 Å². The van der Waals surface area contributed by atoms with E-state index >= 15 is 0 Å². The van der Waals surface area contributed by atoms with Crippen LogP contribution in [0.15, 0.2) is 0 Å². The molecule has 0 aromatic carbocycles. The minimum atomic E-state index is -0.278. The third-order valence-corrected chi connectivity index (χ3v) is 2.42. The first-order chi connectivity index (χ1) is 7.65. The van der Waals surface area contributed by atoms with E-state index in [-0.39, 0.29) is 24.6 Å². The monoisotopic (exact) mass is 232 g/mol. The van der Waals surface area contributed by atoms with Crippen LogP contribution in [0.4, 0.5) is 0 Å². The Balaban J connectivity index is 3.72. The number of hydrogen-bond donors (Lipinski definition) is 3. The summed E-state index contributed by atoms with van der Waals surface area (Å²) in [7, 11) is 1.64. The predicted octanol–water partition coefficient (Wildman–Crippen LogP) is -0.112. The molecule has 3 N–H and O–H groups in total.